The van der Waals surface area contributed by atoms with Crippen molar-refractivity contribution in [2.45, 2.75) is 6.61 Å². The molecule has 0 radical (unpaired) electrons. The summed E-state index contributed by atoms with van der Waals surface area (Å²) in [6.45, 7) is 0.00151. The Labute approximate surface area is 111 Å². The number of nitrogens with two attached hydrogens (primary N) is 1. The Morgan fingerprint density at radius 2 is 1.95 bits per heavy atom. The van der Waals surface area contributed by atoms with Gasteiger partial charge in [0.15, 0.2) is 6.61 Å². The average molecular weight is 258 g/mol. The van der Waals surface area contributed by atoms with E-state index < -0.39 is 5.97 Å². The molecule has 0 atom stereocenters. The van der Waals surface area contributed by atoms with Crippen LogP contribution in [0.4, 0.5) is 5.69 Å². The molecule has 2 aromatic rings. The van der Waals surface area contributed by atoms with E-state index in [-0.39, 0.29) is 13.2 Å². The van der Waals surface area contributed by atoms with Gasteiger partial charge >= 0.3 is 5.97 Å². The van der Waals surface area contributed by atoms with E-state index in [1.807, 2.05) is 6.07 Å². The monoisotopic (exact) mass is 258 g/mol. The van der Waals surface area contributed by atoms with Gasteiger partial charge in [-0.2, -0.15) is 0 Å². The molecule has 1 aromatic heterocycles. The summed E-state index contributed by atoms with van der Waals surface area (Å²) in [7, 11) is 0. The fraction of sp³-hybridized carbons (Fsp3) is 0.143. The third-order valence-electron chi connectivity index (χ3n) is 2.34. The van der Waals surface area contributed by atoms with Gasteiger partial charge in [-0.1, -0.05) is 6.07 Å². The number of benzene rings is 1. The molecule has 0 aliphatic rings. The van der Waals surface area contributed by atoms with Gasteiger partial charge in [-0.05, 0) is 36.4 Å². The first-order chi connectivity index (χ1) is 9.24. The molecule has 2 N–H and O–H groups in total. The number of hydrogen-bond acceptors (Lipinski definition) is 5. The molecule has 0 aliphatic heterocycles. The van der Waals surface area contributed by atoms with Crippen LogP contribution in [0.25, 0.3) is 0 Å². The summed E-state index contributed by atoms with van der Waals surface area (Å²) in [4.78, 5) is 15.5. The molecule has 0 aliphatic carbocycles. The summed E-state index contributed by atoms with van der Waals surface area (Å²) >= 11 is 0. The van der Waals surface area contributed by atoms with Crippen molar-refractivity contribution in [3.05, 3.63) is 54.4 Å². The van der Waals surface area contributed by atoms with Gasteiger partial charge in [0.2, 0.25) is 0 Å². The second-order valence-corrected chi connectivity index (χ2v) is 3.84. The molecule has 5 heteroatoms. The van der Waals surface area contributed by atoms with Crippen molar-refractivity contribution < 1.29 is 14.3 Å². The number of carbonyl (C=O) groups is 1. The van der Waals surface area contributed by atoms with Crippen LogP contribution in [0.3, 0.4) is 0 Å². The lowest BCUT2D eigenvalue weighted by Gasteiger charge is -2.06. The fourth-order valence-corrected chi connectivity index (χ4v) is 1.39. The molecule has 0 saturated heterocycles. The lowest BCUT2D eigenvalue weighted by molar-refractivity contribution is -0.147. The quantitative estimate of drug-likeness (QED) is 0.653. The number of pyridine rings is 1. The maximum Gasteiger partial charge on any atom is 0.344 e. The van der Waals surface area contributed by atoms with Gasteiger partial charge in [-0.25, -0.2) is 4.79 Å². The molecule has 5 nitrogen and oxygen atoms in total. The second kappa shape index (κ2) is 6.39. The Kier molecular flexibility index (Phi) is 4.34. The van der Waals surface area contributed by atoms with Crippen LogP contribution in [-0.4, -0.2) is 17.6 Å². The number of rotatable bonds is 5. The van der Waals surface area contributed by atoms with Gasteiger partial charge in [0.05, 0.1) is 5.69 Å². The van der Waals surface area contributed by atoms with Crippen LogP contribution in [-0.2, 0) is 16.1 Å². The molecule has 0 unspecified atom stereocenters. The van der Waals surface area contributed by atoms with Crippen molar-refractivity contribution in [3.8, 4) is 5.75 Å². The first-order valence-corrected chi connectivity index (χ1v) is 5.78. The van der Waals surface area contributed by atoms with Crippen molar-refractivity contribution >= 4 is 11.7 Å². The Hall–Kier alpha value is -2.56. The molecule has 2 rings (SSSR count). The van der Waals surface area contributed by atoms with Crippen LogP contribution in [0.2, 0.25) is 0 Å². The van der Waals surface area contributed by atoms with Crippen LogP contribution in [0.5, 0.6) is 5.75 Å². The largest absolute Gasteiger partial charge is 0.482 e. The number of nitrogen functional groups attached to an aromatic ring is 1. The minimum absolute atomic E-state index is 0.142. The maximum atomic E-state index is 11.5. The van der Waals surface area contributed by atoms with E-state index in [9.17, 15) is 4.79 Å². The summed E-state index contributed by atoms with van der Waals surface area (Å²) in [5, 5.41) is 0. The molecule has 0 amide bonds. The smallest absolute Gasteiger partial charge is 0.344 e. The number of ether oxygens (including phenoxy) is 2. The van der Waals surface area contributed by atoms with Crippen molar-refractivity contribution in [2.75, 3.05) is 12.3 Å². The molecule has 0 spiro atoms. The van der Waals surface area contributed by atoms with E-state index in [1.54, 1.807) is 42.6 Å². The summed E-state index contributed by atoms with van der Waals surface area (Å²) in [5.41, 5.74) is 6.88. The van der Waals surface area contributed by atoms with Crippen molar-refractivity contribution in [2.24, 2.45) is 0 Å². The minimum atomic E-state index is -0.442. The van der Waals surface area contributed by atoms with Crippen LogP contribution in [0.15, 0.2) is 48.7 Å². The first-order valence-electron chi connectivity index (χ1n) is 5.78. The fourth-order valence-electron chi connectivity index (χ4n) is 1.39. The molecule has 0 saturated carbocycles. The highest BCUT2D eigenvalue weighted by molar-refractivity contribution is 5.71. The van der Waals surface area contributed by atoms with Gasteiger partial charge in [0.1, 0.15) is 12.4 Å². The van der Waals surface area contributed by atoms with E-state index in [1.165, 1.54) is 0 Å². The normalized spacial score (nSPS) is 9.89. The molecular weight excluding hydrogens is 244 g/mol. The first kappa shape index (κ1) is 12.9. The van der Waals surface area contributed by atoms with Crippen molar-refractivity contribution in [1.82, 2.24) is 4.98 Å². The van der Waals surface area contributed by atoms with E-state index in [0.717, 1.165) is 0 Å². The predicted octanol–water partition coefficient (Wildman–Crippen LogP) is 1.79. The Morgan fingerprint density at radius 3 is 2.63 bits per heavy atom. The van der Waals surface area contributed by atoms with E-state index in [0.29, 0.717) is 17.1 Å². The van der Waals surface area contributed by atoms with E-state index in [4.69, 9.17) is 15.2 Å². The molecular formula is C14H14N2O3. The zero-order chi connectivity index (χ0) is 13.5. The summed E-state index contributed by atoms with van der Waals surface area (Å²) in [6, 6.07) is 12.2. The second-order valence-electron chi connectivity index (χ2n) is 3.84. The maximum absolute atomic E-state index is 11.5. The van der Waals surface area contributed by atoms with Gasteiger partial charge in [-0.15, -0.1) is 0 Å². The van der Waals surface area contributed by atoms with Crippen LogP contribution < -0.4 is 10.5 Å². The summed E-state index contributed by atoms with van der Waals surface area (Å²) < 4.78 is 10.3. The standard InChI is InChI=1S/C14H14N2O3/c15-11-4-6-13(7-5-11)18-10-14(17)19-9-12-3-1-2-8-16-12/h1-8H,9-10,15H2. The molecule has 0 fully saturated rings. The van der Waals surface area contributed by atoms with Gasteiger partial charge in [0.25, 0.3) is 0 Å². The summed E-state index contributed by atoms with van der Waals surface area (Å²) in [5.74, 6) is 0.131. The Balaban J connectivity index is 1.74. The van der Waals surface area contributed by atoms with Crippen LogP contribution in [0, 0.1) is 0 Å². The minimum Gasteiger partial charge on any atom is -0.482 e. The third-order valence-corrected chi connectivity index (χ3v) is 2.34. The van der Waals surface area contributed by atoms with Crippen LogP contribution >= 0.6 is 0 Å². The number of anilines is 1. The van der Waals surface area contributed by atoms with E-state index >= 15 is 0 Å². The molecule has 1 heterocycles. The zero-order valence-electron chi connectivity index (χ0n) is 10.3. The molecule has 0 bridgehead atoms. The zero-order valence-corrected chi connectivity index (χ0v) is 10.3. The topological polar surface area (TPSA) is 74.4 Å². The number of esters is 1. The SMILES string of the molecule is Nc1ccc(OCC(=O)OCc2ccccn2)cc1. The van der Waals surface area contributed by atoms with Gasteiger partial charge in [-0.3, -0.25) is 4.98 Å². The third kappa shape index (κ3) is 4.31. The highest BCUT2D eigenvalue weighted by Crippen LogP contribution is 2.12. The average Bonchev–Trinajstić information content (AvgIpc) is 2.45. The number of nitrogens with zero attached hydrogens (tertiary/aromatic N) is 1. The number of carbonyl (C=O) groups excluding carboxylic acids is 1. The van der Waals surface area contributed by atoms with E-state index in [2.05, 4.69) is 4.98 Å². The highest BCUT2D eigenvalue weighted by Gasteiger charge is 2.05. The van der Waals surface area contributed by atoms with Gasteiger partial charge < -0.3 is 15.2 Å². The highest BCUT2D eigenvalue weighted by atomic mass is 16.6. The summed E-state index contributed by atoms with van der Waals surface area (Å²) in [6.07, 6.45) is 1.65. The Bertz CT molecular complexity index is 526. The van der Waals surface area contributed by atoms with Crippen molar-refractivity contribution in [3.63, 3.8) is 0 Å². The molecule has 98 valence electrons. The van der Waals surface area contributed by atoms with Gasteiger partial charge in [0, 0.05) is 11.9 Å². The number of aromatic nitrogens is 1. The lowest BCUT2D eigenvalue weighted by Crippen LogP contribution is -2.15. The Morgan fingerprint density at radius 1 is 1.16 bits per heavy atom. The predicted molar refractivity (Wildman–Crippen MR) is 70.4 cm³/mol. The molecule has 19 heavy (non-hydrogen) atoms. The number of hydrogen-bond donors (Lipinski definition) is 1. The van der Waals surface area contributed by atoms with Crippen LogP contribution in [0.1, 0.15) is 5.69 Å². The molecule has 1 aromatic carbocycles. The van der Waals surface area contributed by atoms with Crippen molar-refractivity contribution in [1.29, 1.82) is 0 Å². The lowest BCUT2D eigenvalue weighted by atomic mass is 10.3.